The van der Waals surface area contributed by atoms with Crippen LogP contribution in [0.15, 0.2) is 23.2 Å². The van der Waals surface area contributed by atoms with Gasteiger partial charge in [0.25, 0.3) is 0 Å². The van der Waals surface area contributed by atoms with E-state index in [2.05, 4.69) is 4.99 Å². The molecule has 0 amide bonds. The van der Waals surface area contributed by atoms with Gasteiger partial charge in [-0.05, 0) is 31.5 Å². The Hall–Kier alpha value is -0.940. The largest absolute Gasteiger partial charge is 0.329 e. The first-order valence-corrected chi connectivity index (χ1v) is 6.57. The molecule has 0 spiro atoms. The standard InChI is InChI=1S/C13H15Cl2NO3/c1-3-18-13(9-17,19-4-2)16-8-10-5-6-11(14)12(15)7-10/h5-9H,3-4H2,1-2H3/b16-8+. The van der Waals surface area contributed by atoms with Crippen molar-refractivity contribution in [1.29, 1.82) is 0 Å². The Bertz CT molecular complexity index is 457. The number of carbonyl (C=O) groups excluding carboxylic acids is 1. The van der Waals surface area contributed by atoms with Crippen molar-refractivity contribution in [3.05, 3.63) is 33.8 Å². The SMILES string of the molecule is CCOC(C=O)(/N=C/c1ccc(Cl)c(Cl)c1)OCC. The zero-order valence-electron chi connectivity index (χ0n) is 10.7. The number of aliphatic imine (C=N–C) groups is 1. The second-order valence-corrected chi connectivity index (χ2v) is 4.36. The molecule has 0 N–H and O–H groups in total. The first-order valence-electron chi connectivity index (χ1n) is 5.81. The zero-order chi connectivity index (χ0) is 14.3. The summed E-state index contributed by atoms with van der Waals surface area (Å²) in [4.78, 5) is 15.2. The molecule has 0 atom stereocenters. The van der Waals surface area contributed by atoms with Gasteiger partial charge in [0.2, 0.25) is 6.29 Å². The molecule has 0 unspecified atom stereocenters. The van der Waals surface area contributed by atoms with Gasteiger partial charge >= 0.3 is 5.91 Å². The van der Waals surface area contributed by atoms with E-state index in [4.69, 9.17) is 32.7 Å². The van der Waals surface area contributed by atoms with Crippen LogP contribution in [0.3, 0.4) is 0 Å². The molecule has 0 fully saturated rings. The van der Waals surface area contributed by atoms with Gasteiger partial charge in [0.15, 0.2) is 0 Å². The summed E-state index contributed by atoms with van der Waals surface area (Å²) in [6.07, 6.45) is 1.98. The zero-order valence-corrected chi connectivity index (χ0v) is 12.2. The van der Waals surface area contributed by atoms with Crippen LogP contribution in [0.25, 0.3) is 0 Å². The predicted molar refractivity (Wildman–Crippen MR) is 76.1 cm³/mol. The summed E-state index contributed by atoms with van der Waals surface area (Å²) in [5.41, 5.74) is 0.694. The van der Waals surface area contributed by atoms with Gasteiger partial charge in [-0.25, -0.2) is 4.99 Å². The molecule has 1 aromatic rings. The number of rotatable bonds is 7. The third-order valence-electron chi connectivity index (χ3n) is 2.19. The van der Waals surface area contributed by atoms with E-state index in [-0.39, 0.29) is 0 Å². The number of benzene rings is 1. The van der Waals surface area contributed by atoms with Gasteiger partial charge in [0, 0.05) is 19.4 Å². The number of ether oxygens (including phenoxy) is 2. The quantitative estimate of drug-likeness (QED) is 0.441. The lowest BCUT2D eigenvalue weighted by Gasteiger charge is -2.22. The van der Waals surface area contributed by atoms with E-state index in [0.717, 1.165) is 0 Å². The predicted octanol–water partition coefficient (Wildman–Crippen LogP) is 3.34. The van der Waals surface area contributed by atoms with Crippen molar-refractivity contribution in [2.75, 3.05) is 13.2 Å². The van der Waals surface area contributed by atoms with Crippen molar-refractivity contribution in [3.63, 3.8) is 0 Å². The van der Waals surface area contributed by atoms with Gasteiger partial charge in [-0.15, -0.1) is 0 Å². The Morgan fingerprint density at radius 1 is 1.21 bits per heavy atom. The maximum absolute atomic E-state index is 11.1. The van der Waals surface area contributed by atoms with Crippen LogP contribution in [-0.4, -0.2) is 31.6 Å². The fourth-order valence-electron chi connectivity index (χ4n) is 1.39. The van der Waals surface area contributed by atoms with Gasteiger partial charge in [-0.2, -0.15) is 0 Å². The summed E-state index contributed by atoms with van der Waals surface area (Å²) in [5.74, 6) is -1.60. The molecule has 0 heterocycles. The monoisotopic (exact) mass is 303 g/mol. The molecule has 4 nitrogen and oxygen atoms in total. The van der Waals surface area contributed by atoms with Crippen LogP contribution in [0.1, 0.15) is 19.4 Å². The molecule has 1 aromatic carbocycles. The summed E-state index contributed by atoms with van der Waals surface area (Å²) >= 11 is 11.7. The molecule has 1 rings (SSSR count). The Balaban J connectivity index is 2.96. The molecular formula is C13H15Cl2NO3. The fourth-order valence-corrected chi connectivity index (χ4v) is 1.69. The average Bonchev–Trinajstić information content (AvgIpc) is 2.40. The van der Waals surface area contributed by atoms with Crippen molar-refractivity contribution >= 4 is 35.7 Å². The number of halogens is 2. The second-order valence-electron chi connectivity index (χ2n) is 3.55. The summed E-state index contributed by atoms with van der Waals surface area (Å²) in [6, 6.07) is 5.02. The smallest absolute Gasteiger partial charge is 0.326 e. The van der Waals surface area contributed by atoms with Crippen LogP contribution < -0.4 is 0 Å². The van der Waals surface area contributed by atoms with E-state index < -0.39 is 5.91 Å². The first kappa shape index (κ1) is 16.1. The molecule has 0 bridgehead atoms. The fraction of sp³-hybridized carbons (Fsp3) is 0.385. The molecular weight excluding hydrogens is 289 g/mol. The van der Waals surface area contributed by atoms with E-state index in [1.807, 2.05) is 0 Å². The van der Waals surface area contributed by atoms with Crippen molar-refractivity contribution in [2.45, 2.75) is 19.8 Å². The van der Waals surface area contributed by atoms with Crippen LogP contribution >= 0.6 is 23.2 Å². The molecule has 19 heavy (non-hydrogen) atoms. The minimum Gasteiger partial charge on any atom is -0.326 e. The Kier molecular flexibility index (Phi) is 6.45. The number of aldehydes is 1. The normalized spacial score (nSPS) is 12.0. The molecule has 0 saturated heterocycles. The van der Waals surface area contributed by atoms with Crippen LogP contribution in [0.2, 0.25) is 10.0 Å². The molecule has 0 aromatic heterocycles. The molecule has 0 radical (unpaired) electrons. The summed E-state index contributed by atoms with van der Waals surface area (Å²) in [5, 5.41) is 0.866. The van der Waals surface area contributed by atoms with Crippen LogP contribution in [0.4, 0.5) is 0 Å². The first-order chi connectivity index (χ1) is 9.06. The van der Waals surface area contributed by atoms with Crippen LogP contribution in [0, 0.1) is 0 Å². The number of hydrogen-bond donors (Lipinski definition) is 0. The van der Waals surface area contributed by atoms with Crippen LogP contribution in [-0.2, 0) is 14.3 Å². The molecule has 6 heteroatoms. The van der Waals surface area contributed by atoms with Gasteiger partial charge in [0.1, 0.15) is 0 Å². The lowest BCUT2D eigenvalue weighted by atomic mass is 10.2. The summed E-state index contributed by atoms with van der Waals surface area (Å²) in [6.45, 7) is 4.12. The maximum Gasteiger partial charge on any atom is 0.329 e. The minimum atomic E-state index is -1.60. The molecule has 104 valence electrons. The Labute approximate surface area is 122 Å². The van der Waals surface area contributed by atoms with Gasteiger partial charge in [-0.1, -0.05) is 29.3 Å². The van der Waals surface area contributed by atoms with Crippen LogP contribution in [0.5, 0.6) is 0 Å². The summed E-state index contributed by atoms with van der Waals surface area (Å²) in [7, 11) is 0. The van der Waals surface area contributed by atoms with Gasteiger partial charge in [-0.3, -0.25) is 4.79 Å². The average molecular weight is 304 g/mol. The highest BCUT2D eigenvalue weighted by Gasteiger charge is 2.29. The highest BCUT2D eigenvalue weighted by Crippen LogP contribution is 2.22. The topological polar surface area (TPSA) is 47.9 Å². The van der Waals surface area contributed by atoms with Crippen molar-refractivity contribution in [2.24, 2.45) is 4.99 Å². The maximum atomic E-state index is 11.1. The highest BCUT2D eigenvalue weighted by molar-refractivity contribution is 6.42. The molecule has 0 aliphatic rings. The minimum absolute atomic E-state index is 0.303. The summed E-state index contributed by atoms with van der Waals surface area (Å²) < 4.78 is 10.5. The van der Waals surface area contributed by atoms with Crippen molar-refractivity contribution in [1.82, 2.24) is 0 Å². The lowest BCUT2D eigenvalue weighted by molar-refractivity contribution is -0.210. The van der Waals surface area contributed by atoms with E-state index in [0.29, 0.717) is 35.1 Å². The number of carbonyl (C=O) groups is 1. The van der Waals surface area contributed by atoms with E-state index in [1.165, 1.54) is 6.21 Å². The van der Waals surface area contributed by atoms with Gasteiger partial charge < -0.3 is 9.47 Å². The number of nitrogens with zero attached hydrogens (tertiary/aromatic N) is 1. The third kappa shape index (κ3) is 4.58. The van der Waals surface area contributed by atoms with E-state index >= 15 is 0 Å². The second kappa shape index (κ2) is 7.60. The highest BCUT2D eigenvalue weighted by atomic mass is 35.5. The molecule has 0 aliphatic heterocycles. The van der Waals surface area contributed by atoms with E-state index in [1.54, 1.807) is 32.0 Å². The molecule has 0 aliphatic carbocycles. The lowest BCUT2D eigenvalue weighted by Crippen LogP contribution is -2.36. The van der Waals surface area contributed by atoms with E-state index in [9.17, 15) is 4.79 Å². The Morgan fingerprint density at radius 3 is 2.32 bits per heavy atom. The molecule has 0 saturated carbocycles. The third-order valence-corrected chi connectivity index (χ3v) is 2.93. The number of hydrogen-bond acceptors (Lipinski definition) is 4. The Morgan fingerprint density at radius 2 is 1.84 bits per heavy atom. The van der Waals surface area contributed by atoms with Crippen molar-refractivity contribution in [3.8, 4) is 0 Å². The van der Waals surface area contributed by atoms with Gasteiger partial charge in [0.05, 0.1) is 10.0 Å². The van der Waals surface area contributed by atoms with Crippen molar-refractivity contribution < 1.29 is 14.3 Å².